The molecule has 3 heterocycles. The highest BCUT2D eigenvalue weighted by Gasteiger charge is 2.45. The summed E-state index contributed by atoms with van der Waals surface area (Å²) in [5.41, 5.74) is 2.76. The van der Waals surface area contributed by atoms with Gasteiger partial charge in [-0.2, -0.15) is 0 Å². The topological polar surface area (TPSA) is 72.6 Å². The van der Waals surface area contributed by atoms with E-state index in [0.29, 0.717) is 18.8 Å². The molecule has 0 radical (unpaired) electrons. The molecular weight excluding hydrogens is 406 g/mol. The SMILES string of the molecule is O=C1NC(c2ccc(OCC3CO3)cc2)(c2ccc(OCC3CO3)cc2)c2ccccc21. The van der Waals surface area contributed by atoms with Crippen LogP contribution < -0.4 is 14.8 Å². The van der Waals surface area contributed by atoms with Crippen LogP contribution in [-0.4, -0.2) is 44.5 Å². The van der Waals surface area contributed by atoms with Gasteiger partial charge in [0.05, 0.1) is 13.2 Å². The molecule has 0 spiro atoms. The molecule has 2 unspecified atom stereocenters. The second-order valence-corrected chi connectivity index (χ2v) is 8.33. The molecule has 6 nitrogen and oxygen atoms in total. The first-order valence-electron chi connectivity index (χ1n) is 10.8. The maximum atomic E-state index is 12.9. The van der Waals surface area contributed by atoms with E-state index in [0.717, 1.165) is 41.4 Å². The molecule has 6 rings (SSSR count). The van der Waals surface area contributed by atoms with Crippen molar-refractivity contribution in [2.45, 2.75) is 17.7 Å². The van der Waals surface area contributed by atoms with Crippen LogP contribution in [-0.2, 0) is 15.0 Å². The summed E-state index contributed by atoms with van der Waals surface area (Å²) >= 11 is 0. The number of hydrogen-bond acceptors (Lipinski definition) is 5. The van der Waals surface area contributed by atoms with Crippen LogP contribution in [0.4, 0.5) is 0 Å². The Balaban J connectivity index is 1.37. The lowest BCUT2D eigenvalue weighted by Gasteiger charge is -2.32. The van der Waals surface area contributed by atoms with E-state index in [-0.39, 0.29) is 18.1 Å². The van der Waals surface area contributed by atoms with Crippen LogP contribution in [0.3, 0.4) is 0 Å². The number of benzene rings is 3. The van der Waals surface area contributed by atoms with Gasteiger partial charge < -0.3 is 24.3 Å². The van der Waals surface area contributed by atoms with E-state index in [2.05, 4.69) is 5.32 Å². The van der Waals surface area contributed by atoms with Crippen LogP contribution in [0.15, 0.2) is 72.8 Å². The number of epoxide rings is 2. The quantitative estimate of drug-likeness (QED) is 0.557. The zero-order valence-electron chi connectivity index (χ0n) is 17.5. The monoisotopic (exact) mass is 429 g/mol. The van der Waals surface area contributed by atoms with Gasteiger partial charge in [0.2, 0.25) is 0 Å². The molecule has 2 atom stereocenters. The molecule has 1 amide bonds. The minimum atomic E-state index is -0.788. The molecule has 3 aliphatic rings. The average molecular weight is 429 g/mol. The molecule has 2 saturated heterocycles. The lowest BCUT2D eigenvalue weighted by Crippen LogP contribution is -2.41. The van der Waals surface area contributed by atoms with Crippen molar-refractivity contribution in [3.05, 3.63) is 95.1 Å². The van der Waals surface area contributed by atoms with Gasteiger partial charge in [0, 0.05) is 5.56 Å². The predicted molar refractivity (Wildman–Crippen MR) is 117 cm³/mol. The third-order valence-electron chi connectivity index (χ3n) is 6.13. The summed E-state index contributed by atoms with van der Waals surface area (Å²) in [6.07, 6.45) is 0.406. The molecule has 6 heteroatoms. The second-order valence-electron chi connectivity index (χ2n) is 8.33. The molecular formula is C26H23NO5. The Kier molecular flexibility index (Phi) is 4.63. The highest BCUT2D eigenvalue weighted by atomic mass is 16.6. The summed E-state index contributed by atoms with van der Waals surface area (Å²) in [7, 11) is 0. The maximum absolute atomic E-state index is 12.9. The zero-order chi connectivity index (χ0) is 21.5. The van der Waals surface area contributed by atoms with Gasteiger partial charge >= 0.3 is 0 Å². The van der Waals surface area contributed by atoms with Gasteiger partial charge in [0.1, 0.15) is 42.5 Å². The van der Waals surface area contributed by atoms with E-state index in [1.807, 2.05) is 72.8 Å². The van der Waals surface area contributed by atoms with Gasteiger partial charge in [-0.05, 0) is 47.0 Å². The van der Waals surface area contributed by atoms with Crippen molar-refractivity contribution in [3.8, 4) is 11.5 Å². The first kappa shape index (κ1) is 19.3. The van der Waals surface area contributed by atoms with Gasteiger partial charge in [-0.3, -0.25) is 4.79 Å². The van der Waals surface area contributed by atoms with E-state index in [4.69, 9.17) is 18.9 Å². The number of ether oxygens (including phenoxy) is 4. The number of hydrogen-bond donors (Lipinski definition) is 1. The van der Waals surface area contributed by atoms with Crippen molar-refractivity contribution in [1.29, 1.82) is 0 Å². The summed E-state index contributed by atoms with van der Waals surface area (Å²) in [5.74, 6) is 1.48. The van der Waals surface area contributed by atoms with E-state index in [1.165, 1.54) is 0 Å². The largest absolute Gasteiger partial charge is 0.491 e. The van der Waals surface area contributed by atoms with Crippen LogP contribution in [0.5, 0.6) is 11.5 Å². The minimum absolute atomic E-state index is 0.0852. The molecule has 0 aromatic heterocycles. The Morgan fingerprint density at radius 2 is 1.28 bits per heavy atom. The average Bonchev–Trinajstić information content (AvgIpc) is 3.77. The number of fused-ring (bicyclic) bond motifs is 1. The Labute approximate surface area is 186 Å². The van der Waals surface area contributed by atoms with Crippen LogP contribution in [0, 0.1) is 0 Å². The van der Waals surface area contributed by atoms with E-state index >= 15 is 0 Å². The Hall–Kier alpha value is -3.35. The highest BCUT2D eigenvalue weighted by molar-refractivity contribution is 6.01. The zero-order valence-corrected chi connectivity index (χ0v) is 17.5. The van der Waals surface area contributed by atoms with Gasteiger partial charge in [0.15, 0.2) is 0 Å². The van der Waals surface area contributed by atoms with E-state index < -0.39 is 5.54 Å². The summed E-state index contributed by atoms with van der Waals surface area (Å²) < 4.78 is 22.0. The number of carbonyl (C=O) groups is 1. The molecule has 32 heavy (non-hydrogen) atoms. The normalized spacial score (nSPS) is 25.1. The van der Waals surface area contributed by atoms with Crippen LogP contribution in [0.25, 0.3) is 0 Å². The van der Waals surface area contributed by atoms with Gasteiger partial charge in [-0.25, -0.2) is 0 Å². The lowest BCUT2D eigenvalue weighted by atomic mass is 9.78. The Morgan fingerprint density at radius 1 is 0.781 bits per heavy atom. The van der Waals surface area contributed by atoms with Gasteiger partial charge in [0.25, 0.3) is 5.91 Å². The molecule has 3 aromatic rings. The number of nitrogens with one attached hydrogen (secondary N) is 1. The molecule has 0 aliphatic carbocycles. The van der Waals surface area contributed by atoms with Crippen LogP contribution in [0.2, 0.25) is 0 Å². The highest BCUT2D eigenvalue weighted by Crippen LogP contribution is 2.43. The predicted octanol–water partition coefficient (Wildman–Crippen LogP) is 3.28. The fourth-order valence-electron chi connectivity index (χ4n) is 4.24. The summed E-state index contributed by atoms with van der Waals surface area (Å²) in [5, 5.41) is 3.26. The Bertz CT molecular complexity index is 1070. The first-order chi connectivity index (χ1) is 15.7. The fraction of sp³-hybridized carbons (Fsp3) is 0.269. The molecule has 0 saturated carbocycles. The fourth-order valence-corrected chi connectivity index (χ4v) is 4.24. The van der Waals surface area contributed by atoms with Crippen LogP contribution in [0.1, 0.15) is 27.0 Å². The number of amides is 1. The van der Waals surface area contributed by atoms with Crippen molar-refractivity contribution in [3.63, 3.8) is 0 Å². The number of carbonyl (C=O) groups excluding carboxylic acids is 1. The van der Waals surface area contributed by atoms with Crippen molar-refractivity contribution >= 4 is 5.91 Å². The standard InChI is InChI=1S/C26H23NO5/c28-25-23-3-1-2-4-24(23)26(27-25,17-5-9-19(10-6-17)29-13-21-15-31-21)18-7-11-20(12-8-18)30-14-22-16-32-22/h1-12,21-22H,13-16H2,(H,27,28). The van der Waals surface area contributed by atoms with Crippen molar-refractivity contribution < 1.29 is 23.7 Å². The summed E-state index contributed by atoms with van der Waals surface area (Å²) in [4.78, 5) is 12.9. The Morgan fingerprint density at radius 3 is 1.78 bits per heavy atom. The van der Waals surface area contributed by atoms with Gasteiger partial charge in [-0.15, -0.1) is 0 Å². The third-order valence-corrected chi connectivity index (χ3v) is 6.13. The second kappa shape index (κ2) is 7.65. The molecule has 3 aromatic carbocycles. The molecule has 3 aliphatic heterocycles. The van der Waals surface area contributed by atoms with E-state index in [9.17, 15) is 4.79 Å². The van der Waals surface area contributed by atoms with Crippen molar-refractivity contribution in [2.24, 2.45) is 0 Å². The molecule has 162 valence electrons. The summed E-state index contributed by atoms with van der Waals surface area (Å²) in [6.45, 7) is 2.63. The first-order valence-corrected chi connectivity index (χ1v) is 10.8. The maximum Gasteiger partial charge on any atom is 0.252 e. The van der Waals surface area contributed by atoms with E-state index in [1.54, 1.807) is 0 Å². The lowest BCUT2D eigenvalue weighted by molar-refractivity contribution is 0.0948. The molecule has 2 fully saturated rings. The third kappa shape index (κ3) is 3.51. The van der Waals surface area contributed by atoms with Crippen molar-refractivity contribution in [1.82, 2.24) is 5.32 Å². The van der Waals surface area contributed by atoms with Crippen LogP contribution >= 0.6 is 0 Å². The smallest absolute Gasteiger partial charge is 0.252 e. The number of rotatable bonds is 8. The summed E-state index contributed by atoms with van der Waals surface area (Å²) in [6, 6.07) is 23.6. The minimum Gasteiger partial charge on any atom is -0.491 e. The molecule has 0 bridgehead atoms. The van der Waals surface area contributed by atoms with Crippen molar-refractivity contribution in [2.75, 3.05) is 26.4 Å². The molecule has 1 N–H and O–H groups in total. The van der Waals surface area contributed by atoms with Gasteiger partial charge in [-0.1, -0.05) is 42.5 Å².